The van der Waals surface area contributed by atoms with Gasteiger partial charge in [-0.25, -0.2) is 0 Å². The molecule has 40 heteroatoms. The second kappa shape index (κ2) is 32.4. The minimum absolute atomic E-state index is 0.736. The molecule has 7 aliphatic heterocycles. The van der Waals surface area contributed by atoms with Gasteiger partial charge in [-0.3, -0.25) is 19.2 Å². The summed E-state index contributed by atoms with van der Waals surface area (Å²) in [6.45, 7) is -2.99. The van der Waals surface area contributed by atoms with Crippen molar-refractivity contribution in [2.24, 2.45) is 0 Å². The maximum Gasteiger partial charge on any atom is 0.217 e. The number of nitrogens with one attached hydrogen (secondary N) is 4. The minimum atomic E-state index is -2.18. The van der Waals surface area contributed by atoms with E-state index in [0.717, 1.165) is 27.7 Å². The largest absolute Gasteiger partial charge is 0.394 e. The standard InChI is InChI=1S/C50H84N4O36/c1-12(62)51-23-29(68)27(66)16(5-55)79-45(23)87-42-22(11-61)84-49(36(75)34(42)73)88-40-21(10-60)82-47(25(32(40)71)53-14(3)64)85-38-19(8-58)81-46(24(30(38)69)52-13(2)63)86-39-20(9-59)83-48(26(31(39)70)54-15(4)65)90-43-28(67)17(6-56)80-50(37(43)76)89-41-18(7-57)78-44(77)35(74)33(41)72/h16-50,55-61,66-77H,5-11H2,1-4H3,(H,51,62)(H,52,63)(H,53,64)(H,54,65)/t16-,17-,18-,19-,20-,21-,22-,23-,24-,25-,26-,27-,28-,29-,30-,31-,32-,33-,34-,35-,36-,37+,38+,39-,40+,41-,42+,43+,44-,45+,46+,47-,48+,49-,50+/m1/s1. The van der Waals surface area contributed by atoms with Crippen LogP contribution in [0.2, 0.25) is 0 Å². The first-order chi connectivity index (χ1) is 42.6. The predicted octanol–water partition coefficient (Wildman–Crippen LogP) is -15.7. The van der Waals surface area contributed by atoms with Crippen molar-refractivity contribution in [2.75, 3.05) is 46.2 Å². The number of aliphatic hydroxyl groups excluding tert-OH is 19. The fourth-order valence-electron chi connectivity index (χ4n) is 11.6. The summed E-state index contributed by atoms with van der Waals surface area (Å²) in [5.41, 5.74) is 0. The van der Waals surface area contributed by atoms with Gasteiger partial charge in [0.1, 0.15) is 171 Å². The van der Waals surface area contributed by atoms with Crippen LogP contribution in [0.4, 0.5) is 0 Å². The number of hydrogen-bond donors (Lipinski definition) is 23. The highest BCUT2D eigenvalue weighted by atomic mass is 16.8. The molecule has 0 aliphatic carbocycles. The van der Waals surface area contributed by atoms with Crippen LogP contribution in [0.3, 0.4) is 0 Å². The maximum absolute atomic E-state index is 12.8. The van der Waals surface area contributed by atoms with Crippen LogP contribution < -0.4 is 21.3 Å². The first-order valence-electron chi connectivity index (χ1n) is 28.6. The number of ether oxygens (including phenoxy) is 13. The zero-order valence-electron chi connectivity index (χ0n) is 48.6. The Labute approximate surface area is 510 Å². The van der Waals surface area contributed by atoms with Crippen molar-refractivity contribution in [1.29, 1.82) is 0 Å². The lowest BCUT2D eigenvalue weighted by Crippen LogP contribution is -2.72. The first-order valence-corrected chi connectivity index (χ1v) is 28.6. The summed E-state index contributed by atoms with van der Waals surface area (Å²) in [6.07, 6.45) is -58.9. The van der Waals surface area contributed by atoms with Crippen molar-refractivity contribution < 1.29 is 178 Å². The summed E-state index contributed by atoms with van der Waals surface area (Å²) in [5.74, 6) is -3.36. The van der Waals surface area contributed by atoms with E-state index in [0.29, 0.717) is 0 Å². The van der Waals surface area contributed by atoms with E-state index in [4.69, 9.17) is 61.6 Å². The van der Waals surface area contributed by atoms with E-state index in [1.54, 1.807) is 0 Å². The molecule has 7 aliphatic rings. The molecule has 7 rings (SSSR count). The summed E-state index contributed by atoms with van der Waals surface area (Å²) < 4.78 is 75.5. The number of aliphatic hydroxyl groups is 19. The molecule has 7 saturated heterocycles. The average molecular weight is 1320 g/mol. The van der Waals surface area contributed by atoms with Gasteiger partial charge in [0.25, 0.3) is 0 Å². The Morgan fingerprint density at radius 2 is 0.511 bits per heavy atom. The molecule has 0 spiro atoms. The summed E-state index contributed by atoms with van der Waals surface area (Å²) in [5, 5.41) is 216. The van der Waals surface area contributed by atoms with E-state index in [1.807, 2.05) is 0 Å². The highest BCUT2D eigenvalue weighted by Crippen LogP contribution is 2.38. The van der Waals surface area contributed by atoms with Crippen LogP contribution in [-0.4, -0.2) is 382 Å². The average Bonchev–Trinajstić information content (AvgIpc) is 0.818. The first kappa shape index (κ1) is 74.0. The molecule has 23 N–H and O–H groups in total. The Balaban J connectivity index is 1.07. The molecule has 7 fully saturated rings. The summed E-state index contributed by atoms with van der Waals surface area (Å²) >= 11 is 0. The molecule has 7 heterocycles. The van der Waals surface area contributed by atoms with Crippen LogP contribution in [0.15, 0.2) is 0 Å². The monoisotopic (exact) mass is 1320 g/mol. The molecule has 0 bridgehead atoms. The minimum Gasteiger partial charge on any atom is -0.394 e. The van der Waals surface area contributed by atoms with Gasteiger partial charge in [0, 0.05) is 27.7 Å². The zero-order chi connectivity index (χ0) is 66.5. The maximum atomic E-state index is 12.8. The molecule has 0 aromatic heterocycles. The second-order valence-corrected chi connectivity index (χ2v) is 22.5. The fourth-order valence-corrected chi connectivity index (χ4v) is 11.6. The topological polar surface area (TPSA) is 621 Å². The number of hydrogen-bond acceptors (Lipinski definition) is 36. The lowest BCUT2D eigenvalue weighted by molar-refractivity contribution is -0.382. The fraction of sp³-hybridized carbons (Fsp3) is 0.920. The molecule has 35 atom stereocenters. The zero-order valence-corrected chi connectivity index (χ0v) is 48.6. The van der Waals surface area contributed by atoms with Gasteiger partial charge >= 0.3 is 0 Å². The van der Waals surface area contributed by atoms with Gasteiger partial charge in [-0.05, 0) is 0 Å². The van der Waals surface area contributed by atoms with Gasteiger partial charge < -0.3 is 180 Å². The third-order valence-corrected chi connectivity index (χ3v) is 16.1. The molecule has 0 saturated carbocycles. The Kier molecular flexibility index (Phi) is 26.6. The molecule has 4 amide bonds. The molecule has 40 nitrogen and oxygen atoms in total. The number of rotatable bonds is 23. The molecule has 0 aromatic rings. The summed E-state index contributed by atoms with van der Waals surface area (Å²) in [6, 6.07) is -7.00. The van der Waals surface area contributed by atoms with Crippen molar-refractivity contribution in [3.8, 4) is 0 Å². The van der Waals surface area contributed by atoms with E-state index in [-0.39, 0.29) is 0 Å². The summed E-state index contributed by atoms with van der Waals surface area (Å²) in [4.78, 5) is 50.4. The quantitative estimate of drug-likeness (QED) is 0.0452. The van der Waals surface area contributed by atoms with E-state index < -0.39 is 285 Å². The van der Waals surface area contributed by atoms with E-state index >= 15 is 0 Å². The highest BCUT2D eigenvalue weighted by molar-refractivity contribution is 5.74. The number of carbonyl (C=O) groups excluding carboxylic acids is 4. The second-order valence-electron chi connectivity index (χ2n) is 22.5. The smallest absolute Gasteiger partial charge is 0.217 e. The Morgan fingerprint density at radius 3 is 0.856 bits per heavy atom. The Bertz CT molecular complexity index is 2310. The van der Waals surface area contributed by atoms with Gasteiger partial charge in [-0.2, -0.15) is 0 Å². The van der Waals surface area contributed by atoms with Crippen LogP contribution in [0, 0.1) is 0 Å². The van der Waals surface area contributed by atoms with Crippen molar-refractivity contribution in [1.82, 2.24) is 21.3 Å². The van der Waals surface area contributed by atoms with Crippen molar-refractivity contribution in [2.45, 2.75) is 242 Å². The van der Waals surface area contributed by atoms with Gasteiger partial charge in [0.05, 0.1) is 46.2 Å². The molecule has 0 radical (unpaired) electrons. The third kappa shape index (κ3) is 16.3. The van der Waals surface area contributed by atoms with Crippen LogP contribution in [0.1, 0.15) is 27.7 Å². The van der Waals surface area contributed by atoms with Gasteiger partial charge in [0.15, 0.2) is 44.0 Å². The number of carbonyl (C=O) groups is 4. The highest BCUT2D eigenvalue weighted by Gasteiger charge is 2.59. The third-order valence-electron chi connectivity index (χ3n) is 16.1. The number of amides is 4. The molecular weight excluding hydrogens is 1230 g/mol. The SMILES string of the molecule is CC(=O)N[C@H]1[C@@H](O[C@@H]2[C@H](O)[C@@H](NC(C)=O)[C@H](O[C@H]3[C@H](O)[C@@H](NC(C)=O)[C@H](O[C@@H]4[C@H](O)[C@H](O[C@H]5[C@H](O)[C@@H](O)[C@H](O)O[C@@H]5CO)O[C@H](CO)[C@H]4O)O[C@@H]3CO)O[C@@H]2CO)O[C@H](CO)[C@H](O[C@H]2O[C@H](CO)[C@H](O[C@@H]3O[C@H](CO)[C@@H](O)[C@H](O)[C@H]3NC(C)=O)[C@H](O)[C@H]2O)[C@@H]1O. The van der Waals surface area contributed by atoms with Crippen LogP contribution >= 0.6 is 0 Å². The Morgan fingerprint density at radius 1 is 0.267 bits per heavy atom. The molecular formula is C50H84N4O36. The normalized spacial score (nSPS) is 47.6. The van der Waals surface area contributed by atoms with Crippen LogP contribution in [0.25, 0.3) is 0 Å². The van der Waals surface area contributed by atoms with E-state index in [1.165, 1.54) is 0 Å². The summed E-state index contributed by atoms with van der Waals surface area (Å²) in [7, 11) is 0. The van der Waals surface area contributed by atoms with Crippen LogP contribution in [0.5, 0.6) is 0 Å². The molecule has 90 heavy (non-hydrogen) atoms. The van der Waals surface area contributed by atoms with E-state index in [2.05, 4.69) is 21.3 Å². The Hall–Kier alpha value is -3.40. The van der Waals surface area contributed by atoms with Gasteiger partial charge in [0.2, 0.25) is 23.6 Å². The van der Waals surface area contributed by atoms with Crippen molar-refractivity contribution in [3.63, 3.8) is 0 Å². The van der Waals surface area contributed by atoms with Crippen LogP contribution in [-0.2, 0) is 80.8 Å². The van der Waals surface area contributed by atoms with Gasteiger partial charge in [-0.15, -0.1) is 0 Å². The predicted molar refractivity (Wildman–Crippen MR) is 278 cm³/mol. The lowest BCUT2D eigenvalue weighted by atomic mass is 9.93. The van der Waals surface area contributed by atoms with E-state index in [9.17, 15) is 116 Å². The molecule has 520 valence electrons. The van der Waals surface area contributed by atoms with Crippen molar-refractivity contribution >= 4 is 23.6 Å². The molecule has 0 aromatic carbocycles. The van der Waals surface area contributed by atoms with Crippen molar-refractivity contribution in [3.05, 3.63) is 0 Å². The van der Waals surface area contributed by atoms with Gasteiger partial charge in [-0.1, -0.05) is 0 Å². The lowest BCUT2D eigenvalue weighted by Gasteiger charge is -2.51. The molecule has 0 unspecified atom stereocenters.